The van der Waals surface area contributed by atoms with Gasteiger partial charge in [-0.15, -0.1) is 0 Å². The SMILES string of the molecule is CC[C@H](C)[C@H](NC(=O)[C@H](CC(C)C)NC(=O)[C@@H](N)CO)C(=O)NCC(=O)N[C@@H](CC(=O)O)C(=O)N[C@@H](C)C(=O)N[C@H](C(=O)N[C@@H](CCCCN)C(=O)N[C@@H](C)C(=O)O)[C@@H](C)O. The van der Waals surface area contributed by atoms with Crippen molar-refractivity contribution in [3.63, 3.8) is 0 Å². The maximum Gasteiger partial charge on any atom is 0.325 e. The second-order valence-electron chi connectivity index (χ2n) is 15.2. The molecule has 0 aromatic rings. The molecule has 0 bridgehead atoms. The molecule has 0 saturated carbocycles. The van der Waals surface area contributed by atoms with E-state index >= 15 is 0 Å². The highest BCUT2D eigenvalue weighted by Gasteiger charge is 2.34. The van der Waals surface area contributed by atoms with Crippen molar-refractivity contribution in [3.8, 4) is 0 Å². The molecule has 0 fully saturated rings. The molecule has 24 nitrogen and oxygen atoms in total. The van der Waals surface area contributed by atoms with E-state index in [4.69, 9.17) is 16.6 Å². The van der Waals surface area contributed by atoms with E-state index in [-0.39, 0.29) is 25.3 Å². The van der Waals surface area contributed by atoms with E-state index in [1.165, 1.54) is 6.92 Å². The van der Waals surface area contributed by atoms with E-state index in [2.05, 4.69) is 42.5 Å². The van der Waals surface area contributed by atoms with Crippen molar-refractivity contribution in [1.29, 1.82) is 0 Å². The topological polar surface area (TPSA) is 400 Å². The third-order valence-electron chi connectivity index (χ3n) is 9.24. The minimum absolute atomic E-state index is 0.0336. The summed E-state index contributed by atoms with van der Waals surface area (Å²) in [5, 5.41) is 56.8. The van der Waals surface area contributed by atoms with Crippen molar-refractivity contribution >= 4 is 59.2 Å². The monoisotopic (exact) mass is 874 g/mol. The number of rotatable bonds is 29. The lowest BCUT2D eigenvalue weighted by Crippen LogP contribution is -2.61. The number of aliphatic hydroxyl groups excluding tert-OH is 2. The standard InChI is InChI=1S/C37H66N10O14/c1-8-18(4)28(46-34(57)24(13-17(2)3)45-31(54)22(39)16-48)35(58)40-15-26(50)43-25(14-27(51)52)33(56)41-19(5)30(53)47-29(21(7)49)36(59)44-23(11-9-10-12-38)32(55)42-20(6)37(60)61/h17-25,28-29,48-49H,8-16,38-39H2,1-7H3,(H,40,58)(H,41,56)(H,42,55)(H,43,50)(H,44,59)(H,45,54)(H,46,57)(H,47,53)(H,51,52)(H,60,61)/t18-,19-,20-,21+,22-,23-,24-,25-,28-,29-/m0/s1. The Morgan fingerprint density at radius 3 is 1.66 bits per heavy atom. The first-order valence-corrected chi connectivity index (χ1v) is 20.0. The number of hydrogen-bond donors (Lipinski definition) is 14. The van der Waals surface area contributed by atoms with Crippen LogP contribution in [0.3, 0.4) is 0 Å². The molecule has 0 aliphatic carbocycles. The molecule has 8 amide bonds. The molecule has 0 aromatic carbocycles. The van der Waals surface area contributed by atoms with Crippen LogP contribution in [0.4, 0.5) is 0 Å². The average molecular weight is 875 g/mol. The van der Waals surface area contributed by atoms with Gasteiger partial charge in [-0.05, 0) is 64.8 Å². The Hall–Kier alpha value is -5.46. The molecule has 10 atom stereocenters. The summed E-state index contributed by atoms with van der Waals surface area (Å²) in [4.78, 5) is 127. The summed E-state index contributed by atoms with van der Waals surface area (Å²) in [5.74, 6) is -10.9. The first-order valence-electron chi connectivity index (χ1n) is 20.0. The number of aliphatic carboxylic acids is 2. The van der Waals surface area contributed by atoms with Crippen LogP contribution in [-0.2, 0) is 47.9 Å². The maximum absolute atomic E-state index is 13.3. The second kappa shape index (κ2) is 28.1. The second-order valence-corrected chi connectivity index (χ2v) is 15.2. The molecule has 0 aliphatic heterocycles. The zero-order valence-corrected chi connectivity index (χ0v) is 35.7. The van der Waals surface area contributed by atoms with Crippen LogP contribution in [0.25, 0.3) is 0 Å². The van der Waals surface area contributed by atoms with Gasteiger partial charge in [-0.25, -0.2) is 0 Å². The van der Waals surface area contributed by atoms with Crippen molar-refractivity contribution in [2.24, 2.45) is 23.3 Å². The first kappa shape index (κ1) is 55.5. The first-order chi connectivity index (χ1) is 28.4. The molecule has 0 rings (SSSR count). The predicted octanol–water partition coefficient (Wildman–Crippen LogP) is -4.98. The van der Waals surface area contributed by atoms with Crippen LogP contribution >= 0.6 is 0 Å². The summed E-state index contributed by atoms with van der Waals surface area (Å²) in [6.07, 6.45) is -1.13. The van der Waals surface area contributed by atoms with Crippen LogP contribution in [0.1, 0.15) is 87.0 Å². The summed E-state index contributed by atoms with van der Waals surface area (Å²) in [6.45, 7) is 9.30. The third-order valence-corrected chi connectivity index (χ3v) is 9.24. The Labute approximate surface area is 354 Å². The quantitative estimate of drug-likeness (QED) is 0.0313. The zero-order chi connectivity index (χ0) is 47.1. The highest BCUT2D eigenvalue weighted by molar-refractivity contribution is 5.98. The lowest BCUT2D eigenvalue weighted by Gasteiger charge is -2.27. The van der Waals surface area contributed by atoms with Crippen molar-refractivity contribution in [3.05, 3.63) is 0 Å². The average Bonchev–Trinajstić information content (AvgIpc) is 3.18. The summed E-state index contributed by atoms with van der Waals surface area (Å²) < 4.78 is 0. The van der Waals surface area contributed by atoms with E-state index in [1.54, 1.807) is 27.7 Å². The lowest BCUT2D eigenvalue weighted by atomic mass is 9.96. The van der Waals surface area contributed by atoms with Gasteiger partial charge in [0.15, 0.2) is 0 Å². The summed E-state index contributed by atoms with van der Waals surface area (Å²) in [6, 6.07) is -11.2. The van der Waals surface area contributed by atoms with Gasteiger partial charge in [-0.3, -0.25) is 47.9 Å². The molecule has 0 heterocycles. The van der Waals surface area contributed by atoms with E-state index in [0.717, 1.165) is 13.8 Å². The fourth-order valence-electron chi connectivity index (χ4n) is 5.39. The third kappa shape index (κ3) is 21.1. The van der Waals surface area contributed by atoms with Gasteiger partial charge in [0.25, 0.3) is 0 Å². The smallest absolute Gasteiger partial charge is 0.325 e. The molecule has 24 heteroatoms. The zero-order valence-electron chi connectivity index (χ0n) is 35.7. The molecule has 0 aromatic heterocycles. The van der Waals surface area contributed by atoms with Crippen LogP contribution in [0.15, 0.2) is 0 Å². The number of carbonyl (C=O) groups is 10. The summed E-state index contributed by atoms with van der Waals surface area (Å²) in [7, 11) is 0. The van der Waals surface area contributed by atoms with E-state index in [9.17, 15) is 63.3 Å². The predicted molar refractivity (Wildman–Crippen MR) is 216 cm³/mol. The van der Waals surface area contributed by atoms with Gasteiger partial charge in [0.1, 0.15) is 48.3 Å². The van der Waals surface area contributed by atoms with E-state index < -0.39 is 139 Å². The maximum atomic E-state index is 13.3. The van der Waals surface area contributed by atoms with E-state index in [1.807, 2.05) is 0 Å². The van der Waals surface area contributed by atoms with Gasteiger partial charge in [-0.2, -0.15) is 0 Å². The highest BCUT2D eigenvalue weighted by atomic mass is 16.4. The van der Waals surface area contributed by atoms with Crippen molar-refractivity contribution in [2.75, 3.05) is 19.7 Å². The fraction of sp³-hybridized carbons (Fsp3) is 0.730. The minimum atomic E-state index is -1.79. The Morgan fingerprint density at radius 2 is 1.15 bits per heavy atom. The Bertz CT molecular complexity index is 1530. The number of nitrogens with one attached hydrogen (secondary N) is 8. The van der Waals surface area contributed by atoms with Gasteiger partial charge in [0.05, 0.1) is 25.7 Å². The molecule has 0 radical (unpaired) electrons. The van der Waals surface area contributed by atoms with Gasteiger partial charge in [0.2, 0.25) is 47.3 Å². The fourth-order valence-corrected chi connectivity index (χ4v) is 5.39. The van der Waals surface area contributed by atoms with Crippen LogP contribution in [0, 0.1) is 11.8 Å². The number of carboxylic acid groups (broad SMARTS) is 2. The van der Waals surface area contributed by atoms with Crippen LogP contribution in [-0.4, -0.2) is 154 Å². The minimum Gasteiger partial charge on any atom is -0.481 e. The molecular weight excluding hydrogens is 808 g/mol. The van der Waals surface area contributed by atoms with Gasteiger partial charge < -0.3 is 74.4 Å². The van der Waals surface area contributed by atoms with Gasteiger partial charge in [0, 0.05) is 0 Å². The molecule has 348 valence electrons. The van der Waals surface area contributed by atoms with E-state index in [0.29, 0.717) is 19.3 Å². The largest absolute Gasteiger partial charge is 0.481 e. The molecule has 0 unspecified atom stereocenters. The molecule has 0 saturated heterocycles. The number of amides is 8. The summed E-state index contributed by atoms with van der Waals surface area (Å²) >= 11 is 0. The highest BCUT2D eigenvalue weighted by Crippen LogP contribution is 2.11. The molecule has 61 heavy (non-hydrogen) atoms. The lowest BCUT2D eigenvalue weighted by molar-refractivity contribution is -0.142. The van der Waals surface area contributed by atoms with Crippen molar-refractivity contribution in [2.45, 2.75) is 141 Å². The summed E-state index contributed by atoms with van der Waals surface area (Å²) in [5.41, 5.74) is 11.1. The Morgan fingerprint density at radius 1 is 0.607 bits per heavy atom. The number of hydrogen-bond acceptors (Lipinski definition) is 14. The van der Waals surface area contributed by atoms with Crippen molar-refractivity contribution < 1.29 is 68.4 Å². The molecule has 0 spiro atoms. The number of aliphatic hydroxyl groups is 2. The Kier molecular flexibility index (Phi) is 25.6. The van der Waals surface area contributed by atoms with Crippen molar-refractivity contribution in [1.82, 2.24) is 42.5 Å². The van der Waals surface area contributed by atoms with Crippen LogP contribution in [0.5, 0.6) is 0 Å². The van der Waals surface area contributed by atoms with Gasteiger partial charge >= 0.3 is 11.9 Å². The molecule has 0 aliphatic rings. The number of carbonyl (C=O) groups excluding carboxylic acids is 8. The number of unbranched alkanes of at least 4 members (excludes halogenated alkanes) is 1. The normalized spacial score (nSPS) is 16.0. The van der Waals surface area contributed by atoms with Gasteiger partial charge in [-0.1, -0.05) is 34.1 Å². The number of carboxylic acids is 2. The van der Waals surface area contributed by atoms with Crippen LogP contribution in [0.2, 0.25) is 0 Å². The molecule has 16 N–H and O–H groups in total. The Balaban J connectivity index is 5.81. The molecular formula is C37H66N10O14. The van der Waals surface area contributed by atoms with Crippen LogP contribution < -0.4 is 54.0 Å². The number of nitrogens with two attached hydrogens (primary N) is 2.